The first-order chi connectivity index (χ1) is 12.9. The Hall–Kier alpha value is -1.39. The summed E-state index contributed by atoms with van der Waals surface area (Å²) in [6.45, 7) is 3.37. The van der Waals surface area contributed by atoms with Gasteiger partial charge in [-0.3, -0.25) is 4.79 Å². The predicted molar refractivity (Wildman–Crippen MR) is 103 cm³/mol. The van der Waals surface area contributed by atoms with Crippen molar-refractivity contribution in [1.82, 2.24) is 4.90 Å². The van der Waals surface area contributed by atoms with Crippen LogP contribution in [-0.4, -0.2) is 40.7 Å². The predicted octanol–water partition coefficient (Wildman–Crippen LogP) is 3.70. The third-order valence-corrected chi connectivity index (χ3v) is 7.46. The van der Waals surface area contributed by atoms with Gasteiger partial charge in [0, 0.05) is 13.0 Å². The summed E-state index contributed by atoms with van der Waals surface area (Å²) in [5.74, 6) is 1.52. The fraction of sp³-hybridized carbons (Fsp3) is 0.696. The zero-order valence-electron chi connectivity index (χ0n) is 16.3. The fourth-order valence-electron chi connectivity index (χ4n) is 7.05. The molecule has 0 unspecified atom stereocenters. The van der Waals surface area contributed by atoms with Crippen LogP contribution in [0.15, 0.2) is 30.3 Å². The number of carbonyl (C=O) groups is 1. The molecule has 146 valence electrons. The standard InChI is InChI=1S/C23H31NO3/c1-16-13-24(14-20(27-16)19-5-3-2-4-6-19)21(25)12-22-8-17-7-18(9-22)11-23(26,10-17)15-22/h2-6,16-18,20,26H,7-15H2,1H3/t16-,17+,18+,20+,22?,23?/m0/s1. The van der Waals surface area contributed by atoms with E-state index in [9.17, 15) is 9.90 Å². The molecule has 4 heteroatoms. The van der Waals surface area contributed by atoms with Crippen LogP contribution in [0.2, 0.25) is 0 Å². The van der Waals surface area contributed by atoms with Crippen molar-refractivity contribution in [3.63, 3.8) is 0 Å². The molecule has 1 amide bonds. The van der Waals surface area contributed by atoms with E-state index < -0.39 is 5.60 Å². The fourth-order valence-corrected chi connectivity index (χ4v) is 7.05. The summed E-state index contributed by atoms with van der Waals surface area (Å²) in [6.07, 6.45) is 6.92. The minimum absolute atomic E-state index is 0.0414. The van der Waals surface area contributed by atoms with E-state index in [0.29, 0.717) is 31.3 Å². The summed E-state index contributed by atoms with van der Waals surface area (Å²) in [5, 5.41) is 11.0. The van der Waals surface area contributed by atoms with Gasteiger partial charge in [0.1, 0.15) is 6.10 Å². The van der Waals surface area contributed by atoms with E-state index in [0.717, 1.165) is 37.7 Å². The molecule has 1 aliphatic heterocycles. The second-order valence-electron chi connectivity index (χ2n) is 10.0. The number of benzene rings is 1. The van der Waals surface area contributed by atoms with Crippen LogP contribution in [-0.2, 0) is 9.53 Å². The Labute approximate surface area is 161 Å². The lowest BCUT2D eigenvalue weighted by molar-refractivity contribution is -0.175. The maximum Gasteiger partial charge on any atom is 0.223 e. The number of hydrogen-bond acceptors (Lipinski definition) is 3. The van der Waals surface area contributed by atoms with Crippen LogP contribution >= 0.6 is 0 Å². The zero-order chi connectivity index (χ0) is 18.6. The van der Waals surface area contributed by atoms with Crippen molar-refractivity contribution in [3.05, 3.63) is 35.9 Å². The van der Waals surface area contributed by atoms with E-state index in [-0.39, 0.29) is 23.5 Å². The molecule has 1 aromatic rings. The van der Waals surface area contributed by atoms with Crippen molar-refractivity contribution >= 4 is 5.91 Å². The van der Waals surface area contributed by atoms with Crippen molar-refractivity contribution < 1.29 is 14.6 Å². The van der Waals surface area contributed by atoms with Gasteiger partial charge in [-0.25, -0.2) is 0 Å². The first-order valence-electron chi connectivity index (χ1n) is 10.6. The average Bonchev–Trinajstić information content (AvgIpc) is 2.59. The Balaban J connectivity index is 1.31. The third kappa shape index (κ3) is 3.31. The molecule has 6 rings (SSSR count). The van der Waals surface area contributed by atoms with Crippen molar-refractivity contribution in [2.75, 3.05) is 13.1 Å². The lowest BCUT2D eigenvalue weighted by atomic mass is 9.47. The first kappa shape index (κ1) is 17.7. The molecular formula is C23H31NO3. The quantitative estimate of drug-likeness (QED) is 0.884. The SMILES string of the molecule is C[C@H]1CN(C(=O)CC23C[C@H]4C[C@@H](CC(O)(C4)C2)C3)C[C@H](c2ccccc2)O1. The van der Waals surface area contributed by atoms with Crippen molar-refractivity contribution in [2.24, 2.45) is 17.3 Å². The van der Waals surface area contributed by atoms with E-state index in [1.807, 2.05) is 23.1 Å². The van der Waals surface area contributed by atoms with Crippen LogP contribution in [0.1, 0.15) is 63.5 Å². The number of amides is 1. The van der Waals surface area contributed by atoms with Crippen molar-refractivity contribution in [2.45, 2.75) is 69.7 Å². The summed E-state index contributed by atoms with van der Waals surface area (Å²) < 4.78 is 6.13. The molecule has 1 aromatic carbocycles. The molecule has 4 nitrogen and oxygen atoms in total. The zero-order valence-corrected chi connectivity index (χ0v) is 16.3. The smallest absolute Gasteiger partial charge is 0.223 e. The van der Waals surface area contributed by atoms with Gasteiger partial charge in [-0.15, -0.1) is 0 Å². The highest BCUT2D eigenvalue weighted by atomic mass is 16.5. The molecule has 4 atom stereocenters. The molecule has 5 fully saturated rings. The highest BCUT2D eigenvalue weighted by molar-refractivity contribution is 5.77. The molecule has 27 heavy (non-hydrogen) atoms. The van der Waals surface area contributed by atoms with Gasteiger partial charge in [-0.05, 0) is 68.3 Å². The maximum atomic E-state index is 13.3. The second-order valence-corrected chi connectivity index (χ2v) is 10.0. The molecule has 4 saturated carbocycles. The Morgan fingerprint density at radius 3 is 2.52 bits per heavy atom. The molecule has 0 radical (unpaired) electrons. The molecule has 5 aliphatic rings. The van der Waals surface area contributed by atoms with Gasteiger partial charge in [-0.1, -0.05) is 30.3 Å². The number of morpholine rings is 1. The normalized spacial score (nSPS) is 43.1. The Bertz CT molecular complexity index is 704. The van der Waals surface area contributed by atoms with Gasteiger partial charge in [-0.2, -0.15) is 0 Å². The molecule has 1 heterocycles. The molecule has 0 spiro atoms. The lowest BCUT2D eigenvalue weighted by Gasteiger charge is -2.60. The first-order valence-corrected chi connectivity index (χ1v) is 10.6. The van der Waals surface area contributed by atoms with E-state index in [1.165, 1.54) is 6.42 Å². The van der Waals surface area contributed by atoms with Gasteiger partial charge in [0.2, 0.25) is 5.91 Å². The van der Waals surface area contributed by atoms with Crippen LogP contribution in [0.4, 0.5) is 0 Å². The number of aliphatic hydroxyl groups is 1. The van der Waals surface area contributed by atoms with Crippen LogP contribution in [0.3, 0.4) is 0 Å². The third-order valence-electron chi connectivity index (χ3n) is 7.46. The van der Waals surface area contributed by atoms with E-state index in [2.05, 4.69) is 19.1 Å². The van der Waals surface area contributed by atoms with E-state index in [4.69, 9.17) is 4.74 Å². The number of hydrogen-bond donors (Lipinski definition) is 1. The van der Waals surface area contributed by atoms with E-state index in [1.54, 1.807) is 0 Å². The Kier molecular flexibility index (Phi) is 4.14. The summed E-state index contributed by atoms with van der Waals surface area (Å²) >= 11 is 0. The molecule has 0 aromatic heterocycles. The molecule has 1 N–H and O–H groups in total. The number of carbonyl (C=O) groups excluding carboxylic acids is 1. The van der Waals surface area contributed by atoms with Gasteiger partial charge in [0.05, 0.1) is 18.2 Å². The summed E-state index contributed by atoms with van der Waals surface area (Å²) in [7, 11) is 0. The molecule has 1 saturated heterocycles. The van der Waals surface area contributed by atoms with E-state index >= 15 is 0 Å². The van der Waals surface area contributed by atoms with Crippen LogP contribution in [0.5, 0.6) is 0 Å². The minimum atomic E-state index is -0.491. The maximum absolute atomic E-state index is 13.3. The highest BCUT2D eigenvalue weighted by Gasteiger charge is 2.57. The average molecular weight is 370 g/mol. The van der Waals surface area contributed by atoms with Gasteiger partial charge in [0.15, 0.2) is 0 Å². The minimum Gasteiger partial charge on any atom is -0.390 e. The van der Waals surface area contributed by atoms with Crippen LogP contribution < -0.4 is 0 Å². The monoisotopic (exact) mass is 369 g/mol. The summed E-state index contributed by atoms with van der Waals surface area (Å²) in [4.78, 5) is 15.3. The summed E-state index contributed by atoms with van der Waals surface area (Å²) in [5.41, 5.74) is 0.695. The largest absolute Gasteiger partial charge is 0.390 e. The number of nitrogens with zero attached hydrogens (tertiary/aromatic N) is 1. The molecule has 4 bridgehead atoms. The van der Waals surface area contributed by atoms with Crippen molar-refractivity contribution in [1.29, 1.82) is 0 Å². The molecule has 4 aliphatic carbocycles. The van der Waals surface area contributed by atoms with Crippen LogP contribution in [0.25, 0.3) is 0 Å². The summed E-state index contributed by atoms with van der Waals surface area (Å²) in [6, 6.07) is 10.2. The highest BCUT2D eigenvalue weighted by Crippen LogP contribution is 2.62. The Morgan fingerprint density at radius 1 is 1.15 bits per heavy atom. The van der Waals surface area contributed by atoms with Gasteiger partial charge in [0.25, 0.3) is 0 Å². The Morgan fingerprint density at radius 2 is 1.85 bits per heavy atom. The lowest BCUT2D eigenvalue weighted by Crippen LogP contribution is -2.57. The number of rotatable bonds is 3. The topological polar surface area (TPSA) is 49.8 Å². The molecular weight excluding hydrogens is 338 g/mol. The number of ether oxygens (including phenoxy) is 1. The van der Waals surface area contributed by atoms with Crippen molar-refractivity contribution in [3.8, 4) is 0 Å². The van der Waals surface area contributed by atoms with Crippen LogP contribution in [0, 0.1) is 17.3 Å². The van der Waals surface area contributed by atoms with Gasteiger partial charge >= 0.3 is 0 Å². The second kappa shape index (κ2) is 6.31. The van der Waals surface area contributed by atoms with Gasteiger partial charge < -0.3 is 14.7 Å².